The lowest BCUT2D eigenvalue weighted by molar-refractivity contribution is -0.131. The highest BCUT2D eigenvalue weighted by molar-refractivity contribution is 6.10. The summed E-state index contributed by atoms with van der Waals surface area (Å²) in [7, 11) is 3.00. The smallest absolute Gasteiger partial charge is 0.308 e. The largest absolute Gasteiger partial charge is 0.496 e. The number of rotatable bonds is 4. The summed E-state index contributed by atoms with van der Waals surface area (Å²) in [5.41, 5.74) is 0.138. The number of hydrogen-bond acceptors (Lipinski definition) is 5. The second-order valence-corrected chi connectivity index (χ2v) is 5.84. The van der Waals surface area contributed by atoms with Gasteiger partial charge in [0.25, 0.3) is 11.5 Å². The van der Waals surface area contributed by atoms with Gasteiger partial charge in [-0.05, 0) is 24.3 Å². The van der Waals surface area contributed by atoms with Crippen LogP contribution in [0.1, 0.15) is 17.3 Å². The topological polar surface area (TPSA) is 86.6 Å². The van der Waals surface area contributed by atoms with Crippen LogP contribution in [0.3, 0.4) is 0 Å². The maximum atomic E-state index is 12.9. The van der Waals surface area contributed by atoms with Gasteiger partial charge in [0, 0.05) is 19.7 Å². The number of nitrogens with one attached hydrogen (secondary N) is 1. The molecule has 0 fully saturated rings. The van der Waals surface area contributed by atoms with Crippen molar-refractivity contribution < 1.29 is 19.1 Å². The van der Waals surface area contributed by atoms with Gasteiger partial charge < -0.3 is 19.4 Å². The number of amides is 1. The van der Waals surface area contributed by atoms with Crippen molar-refractivity contribution in [2.45, 2.75) is 6.92 Å². The van der Waals surface area contributed by atoms with Gasteiger partial charge in [-0.1, -0.05) is 24.3 Å². The molecule has 0 spiro atoms. The van der Waals surface area contributed by atoms with Gasteiger partial charge in [0.1, 0.15) is 11.3 Å². The zero-order valence-corrected chi connectivity index (χ0v) is 15.1. The van der Waals surface area contributed by atoms with E-state index in [1.165, 1.54) is 18.6 Å². The number of para-hydroxylation sites is 1. The molecule has 0 saturated carbocycles. The summed E-state index contributed by atoms with van der Waals surface area (Å²) in [6.45, 7) is 1.21. The summed E-state index contributed by atoms with van der Waals surface area (Å²) in [6.07, 6.45) is 0. The third-order valence-corrected chi connectivity index (χ3v) is 4.06. The third kappa shape index (κ3) is 3.39. The van der Waals surface area contributed by atoms with Crippen molar-refractivity contribution in [3.63, 3.8) is 0 Å². The Morgan fingerprint density at radius 1 is 1.04 bits per heavy atom. The van der Waals surface area contributed by atoms with Crippen LogP contribution in [-0.4, -0.2) is 23.6 Å². The highest BCUT2D eigenvalue weighted by Gasteiger charge is 2.26. The third-order valence-electron chi connectivity index (χ3n) is 4.06. The van der Waals surface area contributed by atoms with Crippen LogP contribution in [0.5, 0.6) is 11.5 Å². The molecule has 138 valence electrons. The summed E-state index contributed by atoms with van der Waals surface area (Å²) in [5.74, 6) is -1.06. The minimum absolute atomic E-state index is 0.119. The Kier molecular flexibility index (Phi) is 4.94. The fourth-order valence-electron chi connectivity index (χ4n) is 2.86. The van der Waals surface area contributed by atoms with E-state index in [9.17, 15) is 14.4 Å². The van der Waals surface area contributed by atoms with E-state index in [2.05, 4.69) is 5.32 Å². The molecule has 7 nitrogen and oxygen atoms in total. The fourth-order valence-corrected chi connectivity index (χ4v) is 2.86. The fraction of sp³-hybridized carbons (Fsp3) is 0.150. The van der Waals surface area contributed by atoms with Gasteiger partial charge in [-0.15, -0.1) is 0 Å². The molecule has 0 aliphatic carbocycles. The van der Waals surface area contributed by atoms with Crippen molar-refractivity contribution in [1.29, 1.82) is 0 Å². The van der Waals surface area contributed by atoms with Crippen molar-refractivity contribution >= 4 is 28.5 Å². The van der Waals surface area contributed by atoms with Crippen LogP contribution >= 0.6 is 0 Å². The lowest BCUT2D eigenvalue weighted by Crippen LogP contribution is -2.29. The molecule has 1 aromatic heterocycles. The number of benzene rings is 2. The number of carbonyl (C=O) groups is 2. The Hall–Kier alpha value is -3.61. The number of methoxy groups -OCH3 is 1. The van der Waals surface area contributed by atoms with Crippen molar-refractivity contribution in [2.75, 3.05) is 12.4 Å². The normalized spacial score (nSPS) is 10.5. The zero-order valence-electron chi connectivity index (χ0n) is 15.1. The van der Waals surface area contributed by atoms with Gasteiger partial charge in [-0.3, -0.25) is 14.4 Å². The molecule has 3 aromatic rings. The molecule has 3 rings (SSSR count). The van der Waals surface area contributed by atoms with Crippen LogP contribution in [0.15, 0.2) is 53.3 Å². The molecule has 0 unspecified atom stereocenters. The molecule has 0 aliphatic heterocycles. The number of ether oxygens (including phenoxy) is 2. The lowest BCUT2D eigenvalue weighted by Gasteiger charge is -2.16. The first kappa shape index (κ1) is 18.2. The number of carbonyl (C=O) groups excluding carboxylic acids is 2. The molecule has 0 aliphatic rings. The molecular weight excluding hydrogens is 348 g/mol. The zero-order chi connectivity index (χ0) is 19.6. The number of aromatic nitrogens is 1. The van der Waals surface area contributed by atoms with E-state index in [-0.39, 0.29) is 11.3 Å². The van der Waals surface area contributed by atoms with Gasteiger partial charge in [0.2, 0.25) is 0 Å². The second kappa shape index (κ2) is 7.33. The highest BCUT2D eigenvalue weighted by Crippen LogP contribution is 2.35. The average Bonchev–Trinajstić information content (AvgIpc) is 2.65. The quantitative estimate of drug-likeness (QED) is 0.718. The summed E-state index contributed by atoms with van der Waals surface area (Å²) < 4.78 is 12.0. The molecule has 0 saturated heterocycles. The Morgan fingerprint density at radius 2 is 1.74 bits per heavy atom. The molecule has 0 bridgehead atoms. The average molecular weight is 366 g/mol. The predicted molar refractivity (Wildman–Crippen MR) is 101 cm³/mol. The first-order chi connectivity index (χ1) is 12.9. The van der Waals surface area contributed by atoms with E-state index in [4.69, 9.17) is 9.47 Å². The predicted octanol–water partition coefficient (Wildman–Crippen LogP) is 2.72. The molecule has 1 N–H and O–H groups in total. The molecule has 27 heavy (non-hydrogen) atoms. The lowest BCUT2D eigenvalue weighted by atomic mass is 10.1. The van der Waals surface area contributed by atoms with E-state index in [0.29, 0.717) is 22.3 Å². The molecule has 0 atom stereocenters. The number of hydrogen-bond donors (Lipinski definition) is 1. The molecule has 1 heterocycles. The first-order valence-electron chi connectivity index (χ1n) is 8.18. The molecule has 0 radical (unpaired) electrons. The number of fused-ring (bicyclic) bond motifs is 1. The van der Waals surface area contributed by atoms with Gasteiger partial charge in [0.05, 0.1) is 18.0 Å². The standard InChI is InChI=1S/C20H18N2O5/c1-12(23)27-18-16-14(10-7-11-15(16)26-3)22(2)20(25)17(18)19(24)21-13-8-5-4-6-9-13/h4-11H,1-3H3,(H,21,24). The van der Waals surface area contributed by atoms with Crippen LogP contribution < -0.4 is 20.3 Å². The minimum atomic E-state index is -0.675. The highest BCUT2D eigenvalue weighted by atomic mass is 16.5. The van der Waals surface area contributed by atoms with Crippen LogP contribution in [-0.2, 0) is 11.8 Å². The van der Waals surface area contributed by atoms with Crippen LogP contribution in [0.2, 0.25) is 0 Å². The monoisotopic (exact) mass is 366 g/mol. The van der Waals surface area contributed by atoms with Gasteiger partial charge in [0.15, 0.2) is 5.75 Å². The maximum Gasteiger partial charge on any atom is 0.308 e. The van der Waals surface area contributed by atoms with Crippen molar-refractivity contribution in [1.82, 2.24) is 4.57 Å². The Labute approximate surface area is 155 Å². The number of esters is 1. The Morgan fingerprint density at radius 3 is 2.37 bits per heavy atom. The number of anilines is 1. The van der Waals surface area contributed by atoms with E-state index < -0.39 is 17.4 Å². The summed E-state index contributed by atoms with van der Waals surface area (Å²) in [4.78, 5) is 37.4. The van der Waals surface area contributed by atoms with Crippen molar-refractivity contribution in [3.8, 4) is 11.5 Å². The number of nitrogens with zero attached hydrogens (tertiary/aromatic N) is 1. The van der Waals surface area contributed by atoms with E-state index >= 15 is 0 Å². The molecular formula is C20H18N2O5. The van der Waals surface area contributed by atoms with Crippen molar-refractivity contribution in [3.05, 3.63) is 64.4 Å². The van der Waals surface area contributed by atoms with Crippen molar-refractivity contribution in [2.24, 2.45) is 7.05 Å². The first-order valence-corrected chi connectivity index (χ1v) is 8.18. The number of aryl methyl sites for hydroxylation is 1. The van der Waals surface area contributed by atoms with Crippen LogP contribution in [0, 0.1) is 0 Å². The molecule has 7 heteroatoms. The SMILES string of the molecule is COc1cccc2c1c(OC(C)=O)c(C(=O)Nc1ccccc1)c(=O)n2C. The van der Waals surface area contributed by atoms with Crippen LogP contribution in [0.25, 0.3) is 10.9 Å². The summed E-state index contributed by atoms with van der Waals surface area (Å²) in [6, 6.07) is 13.8. The van der Waals surface area contributed by atoms with Gasteiger partial charge in [-0.25, -0.2) is 0 Å². The second-order valence-electron chi connectivity index (χ2n) is 5.84. The van der Waals surface area contributed by atoms with E-state index in [1.807, 2.05) is 0 Å². The van der Waals surface area contributed by atoms with Gasteiger partial charge in [-0.2, -0.15) is 0 Å². The number of pyridine rings is 1. The molecule has 2 aromatic carbocycles. The maximum absolute atomic E-state index is 12.9. The minimum Gasteiger partial charge on any atom is -0.496 e. The van der Waals surface area contributed by atoms with E-state index in [1.54, 1.807) is 55.6 Å². The van der Waals surface area contributed by atoms with E-state index in [0.717, 1.165) is 0 Å². The summed E-state index contributed by atoms with van der Waals surface area (Å²) >= 11 is 0. The molecule has 1 amide bonds. The Bertz CT molecular complexity index is 1090. The van der Waals surface area contributed by atoms with Crippen LogP contribution in [0.4, 0.5) is 5.69 Å². The van der Waals surface area contributed by atoms with Gasteiger partial charge >= 0.3 is 5.97 Å². The Balaban J connectivity index is 2.30. The summed E-state index contributed by atoms with van der Waals surface area (Å²) in [5, 5.41) is 3.03.